The van der Waals surface area contributed by atoms with Gasteiger partial charge in [0.15, 0.2) is 6.61 Å². The van der Waals surface area contributed by atoms with Gasteiger partial charge in [-0.3, -0.25) is 4.79 Å². The monoisotopic (exact) mass is 379 g/mol. The average Bonchev–Trinajstić information content (AvgIpc) is 3.21. The number of halogens is 1. The molecule has 0 atom stereocenters. The van der Waals surface area contributed by atoms with Crippen molar-refractivity contribution in [3.8, 4) is 0 Å². The summed E-state index contributed by atoms with van der Waals surface area (Å²) in [5.74, 6) is -0.897. The molecule has 2 aromatic heterocycles. The van der Waals surface area contributed by atoms with E-state index in [1.807, 2.05) is 41.8 Å². The van der Waals surface area contributed by atoms with Crippen LogP contribution in [0.4, 0.5) is 0 Å². The van der Waals surface area contributed by atoms with Gasteiger partial charge in [-0.2, -0.15) is 0 Å². The van der Waals surface area contributed by atoms with Gasteiger partial charge in [-0.1, -0.05) is 35.9 Å². The van der Waals surface area contributed by atoms with Gasteiger partial charge in [-0.05, 0) is 23.9 Å². The highest BCUT2D eigenvalue weighted by Gasteiger charge is 2.19. The van der Waals surface area contributed by atoms with E-state index in [1.165, 1.54) is 16.2 Å². The zero-order valence-corrected chi connectivity index (χ0v) is 15.0. The lowest BCUT2D eigenvalue weighted by Crippen LogP contribution is -2.30. The molecule has 4 nitrogen and oxygen atoms in total. The van der Waals surface area contributed by atoms with Crippen molar-refractivity contribution in [3.05, 3.63) is 56.6 Å². The molecule has 0 spiro atoms. The van der Waals surface area contributed by atoms with Crippen LogP contribution in [0.15, 0.2) is 41.8 Å². The molecule has 0 saturated heterocycles. The number of carbonyl (C=O) groups excluding carboxylic acids is 2. The fraction of sp³-hybridized carbons (Fsp3) is 0.176. The van der Waals surface area contributed by atoms with E-state index in [2.05, 4.69) is 5.32 Å². The van der Waals surface area contributed by atoms with Crippen molar-refractivity contribution < 1.29 is 14.3 Å². The maximum atomic E-state index is 12.1. The largest absolute Gasteiger partial charge is 0.451 e. The van der Waals surface area contributed by atoms with Gasteiger partial charge in [-0.15, -0.1) is 22.7 Å². The highest BCUT2D eigenvalue weighted by molar-refractivity contribution is 7.21. The van der Waals surface area contributed by atoms with Crippen LogP contribution in [0, 0.1) is 0 Å². The summed E-state index contributed by atoms with van der Waals surface area (Å²) >= 11 is 9.12. The zero-order chi connectivity index (χ0) is 16.9. The molecule has 0 aliphatic carbocycles. The zero-order valence-electron chi connectivity index (χ0n) is 12.6. The molecule has 0 aliphatic rings. The second-order valence-corrected chi connectivity index (χ2v) is 7.46. The van der Waals surface area contributed by atoms with E-state index in [0.29, 0.717) is 16.4 Å². The third kappa shape index (κ3) is 3.95. The summed E-state index contributed by atoms with van der Waals surface area (Å²) in [6.07, 6.45) is 0.763. The van der Waals surface area contributed by atoms with E-state index in [9.17, 15) is 9.59 Å². The highest BCUT2D eigenvalue weighted by atomic mass is 35.5. The maximum absolute atomic E-state index is 12.1. The molecule has 7 heteroatoms. The second-order valence-electron chi connectivity index (χ2n) is 5.00. The van der Waals surface area contributed by atoms with Crippen molar-refractivity contribution in [1.82, 2.24) is 5.32 Å². The Labute approximate surface area is 152 Å². The van der Waals surface area contributed by atoms with Crippen molar-refractivity contribution in [2.24, 2.45) is 0 Å². The minimum absolute atomic E-state index is 0.312. The number of hydrogen-bond donors (Lipinski definition) is 1. The van der Waals surface area contributed by atoms with Crippen LogP contribution in [-0.4, -0.2) is 25.0 Å². The van der Waals surface area contributed by atoms with Gasteiger partial charge >= 0.3 is 5.97 Å². The summed E-state index contributed by atoms with van der Waals surface area (Å²) in [4.78, 5) is 25.4. The normalized spacial score (nSPS) is 10.7. The molecule has 1 N–H and O–H groups in total. The third-order valence-electron chi connectivity index (χ3n) is 3.33. The van der Waals surface area contributed by atoms with Gasteiger partial charge in [0.05, 0.1) is 5.02 Å². The molecule has 2 heterocycles. The molecule has 0 radical (unpaired) electrons. The number of amides is 1. The van der Waals surface area contributed by atoms with E-state index in [1.54, 1.807) is 11.3 Å². The van der Waals surface area contributed by atoms with E-state index < -0.39 is 5.97 Å². The number of fused-ring (bicyclic) bond motifs is 1. The number of hydrogen-bond acceptors (Lipinski definition) is 5. The fourth-order valence-corrected chi connectivity index (χ4v) is 4.28. The van der Waals surface area contributed by atoms with Crippen molar-refractivity contribution in [2.75, 3.05) is 13.2 Å². The molecule has 0 bridgehead atoms. The topological polar surface area (TPSA) is 55.4 Å². The Hall–Kier alpha value is -1.89. The Morgan fingerprint density at radius 3 is 2.75 bits per heavy atom. The summed E-state index contributed by atoms with van der Waals surface area (Å²) in [6.45, 7) is 0.203. The van der Waals surface area contributed by atoms with Crippen LogP contribution in [0.2, 0.25) is 5.02 Å². The Bertz CT molecular complexity index is 858. The summed E-state index contributed by atoms with van der Waals surface area (Å²) < 4.78 is 5.98. The Kier molecular flexibility index (Phi) is 5.50. The maximum Gasteiger partial charge on any atom is 0.350 e. The van der Waals surface area contributed by atoms with Crippen LogP contribution in [-0.2, 0) is 16.0 Å². The van der Waals surface area contributed by atoms with Gasteiger partial charge in [0.2, 0.25) is 0 Å². The summed E-state index contributed by atoms with van der Waals surface area (Å²) in [7, 11) is 0. The standard InChI is InChI=1S/C17H14ClNO3S2/c18-15-12-5-1-2-6-13(12)24-16(15)17(21)22-10-14(20)19-8-7-11-4-3-9-23-11/h1-6,9H,7-8,10H2,(H,19,20). The second kappa shape index (κ2) is 7.79. The SMILES string of the molecule is O=C(COC(=O)c1sc2ccccc2c1Cl)NCCc1cccs1. The van der Waals surface area contributed by atoms with E-state index in [0.717, 1.165) is 16.5 Å². The molecule has 0 unspecified atom stereocenters. The molecular weight excluding hydrogens is 366 g/mol. The van der Waals surface area contributed by atoms with Crippen molar-refractivity contribution in [2.45, 2.75) is 6.42 Å². The highest BCUT2D eigenvalue weighted by Crippen LogP contribution is 2.35. The van der Waals surface area contributed by atoms with Gasteiger partial charge in [-0.25, -0.2) is 4.79 Å². The number of thiophene rings is 2. The van der Waals surface area contributed by atoms with E-state index in [4.69, 9.17) is 16.3 Å². The summed E-state index contributed by atoms with van der Waals surface area (Å²) in [5, 5.41) is 5.91. The first kappa shape index (κ1) is 17.0. The average molecular weight is 380 g/mol. The fourth-order valence-electron chi connectivity index (χ4n) is 2.17. The number of benzene rings is 1. The third-order valence-corrected chi connectivity index (χ3v) is 5.92. The number of ether oxygens (including phenoxy) is 1. The lowest BCUT2D eigenvalue weighted by molar-refractivity contribution is -0.124. The van der Waals surface area contributed by atoms with Crippen LogP contribution in [0.25, 0.3) is 10.1 Å². The molecule has 3 rings (SSSR count). The quantitative estimate of drug-likeness (QED) is 0.655. The molecule has 0 fully saturated rings. The van der Waals surface area contributed by atoms with Crippen LogP contribution >= 0.6 is 34.3 Å². The predicted octanol–water partition coefficient (Wildman–Crippen LogP) is 4.13. The summed E-state index contributed by atoms with van der Waals surface area (Å²) in [5.41, 5.74) is 0. The van der Waals surface area contributed by atoms with Gasteiger partial charge in [0, 0.05) is 21.5 Å². The summed E-state index contributed by atoms with van der Waals surface area (Å²) in [6, 6.07) is 11.5. The van der Waals surface area contributed by atoms with Gasteiger partial charge in [0.1, 0.15) is 4.88 Å². The van der Waals surface area contributed by atoms with Gasteiger partial charge < -0.3 is 10.1 Å². The first-order valence-electron chi connectivity index (χ1n) is 7.28. The predicted molar refractivity (Wildman–Crippen MR) is 98.2 cm³/mol. The number of nitrogens with one attached hydrogen (secondary N) is 1. The smallest absolute Gasteiger partial charge is 0.350 e. The number of rotatable bonds is 6. The van der Waals surface area contributed by atoms with Crippen molar-refractivity contribution in [1.29, 1.82) is 0 Å². The number of carbonyl (C=O) groups is 2. The van der Waals surface area contributed by atoms with E-state index >= 15 is 0 Å². The van der Waals surface area contributed by atoms with Gasteiger partial charge in [0.25, 0.3) is 5.91 Å². The van der Waals surface area contributed by atoms with Crippen molar-refractivity contribution in [3.63, 3.8) is 0 Å². The first-order chi connectivity index (χ1) is 11.6. The van der Waals surface area contributed by atoms with E-state index in [-0.39, 0.29) is 12.5 Å². The lowest BCUT2D eigenvalue weighted by Gasteiger charge is -2.05. The molecule has 0 aliphatic heterocycles. The molecule has 3 aromatic rings. The minimum atomic E-state index is -0.574. The molecule has 1 aromatic carbocycles. The molecule has 1 amide bonds. The molecule has 24 heavy (non-hydrogen) atoms. The van der Waals surface area contributed by atoms with Crippen LogP contribution < -0.4 is 5.32 Å². The van der Waals surface area contributed by atoms with Crippen LogP contribution in [0.1, 0.15) is 14.5 Å². The van der Waals surface area contributed by atoms with Crippen LogP contribution in [0.3, 0.4) is 0 Å². The van der Waals surface area contributed by atoms with Crippen molar-refractivity contribution >= 4 is 56.2 Å². The van der Waals surface area contributed by atoms with Crippen LogP contribution in [0.5, 0.6) is 0 Å². The number of esters is 1. The lowest BCUT2D eigenvalue weighted by atomic mass is 10.2. The molecule has 124 valence electrons. The Morgan fingerprint density at radius 1 is 1.17 bits per heavy atom. The minimum Gasteiger partial charge on any atom is -0.451 e. The first-order valence-corrected chi connectivity index (χ1v) is 9.36. The molecule has 0 saturated carbocycles. The Morgan fingerprint density at radius 2 is 2.00 bits per heavy atom. The molecular formula is C17H14ClNO3S2. The Balaban J connectivity index is 1.51.